The Morgan fingerprint density at radius 3 is 2.18 bits per heavy atom. The third-order valence-corrected chi connectivity index (χ3v) is 7.12. The quantitative estimate of drug-likeness (QED) is 0.218. The monoisotopic (exact) mass is 481 g/mol. The summed E-state index contributed by atoms with van der Waals surface area (Å²) >= 11 is 1.43. The number of benzene rings is 3. The lowest BCUT2D eigenvalue weighted by atomic mass is 10.2. The molecule has 0 atom stereocenters. The summed E-state index contributed by atoms with van der Waals surface area (Å²) in [7, 11) is -3.75. The van der Waals surface area contributed by atoms with Crippen LogP contribution in [0.15, 0.2) is 95.0 Å². The Hall–Kier alpha value is -3.54. The minimum Gasteiger partial charge on any atom is -0.273 e. The van der Waals surface area contributed by atoms with E-state index < -0.39 is 14.9 Å². The van der Waals surface area contributed by atoms with Gasteiger partial charge in [0, 0.05) is 23.6 Å². The van der Waals surface area contributed by atoms with Gasteiger partial charge in [0.05, 0.1) is 16.4 Å². The fraction of sp³-hybridized carbons (Fsp3) is 0.0909. The molecule has 9 nitrogen and oxygen atoms in total. The zero-order chi connectivity index (χ0) is 23.3. The van der Waals surface area contributed by atoms with E-state index >= 15 is 0 Å². The molecule has 0 aliphatic heterocycles. The average molecular weight is 482 g/mol. The maximum absolute atomic E-state index is 12.6. The van der Waals surface area contributed by atoms with E-state index in [2.05, 4.69) is 14.9 Å². The van der Waals surface area contributed by atoms with Crippen molar-refractivity contribution in [2.45, 2.75) is 22.3 Å². The molecule has 1 aromatic heterocycles. The molecule has 3 aromatic carbocycles. The number of sulfonamides is 1. The molecule has 0 radical (unpaired) electrons. The van der Waals surface area contributed by atoms with E-state index in [1.54, 1.807) is 34.9 Å². The van der Waals surface area contributed by atoms with Crippen molar-refractivity contribution in [2.24, 2.45) is 0 Å². The van der Waals surface area contributed by atoms with E-state index in [-0.39, 0.29) is 17.1 Å². The smallest absolute Gasteiger partial charge is 0.269 e. The first-order valence-corrected chi connectivity index (χ1v) is 12.3. The molecule has 0 unspecified atom stereocenters. The topological polar surface area (TPSA) is 120 Å². The molecule has 0 aliphatic rings. The number of thioether (sulfide) groups is 1. The Kier molecular flexibility index (Phi) is 6.82. The van der Waals surface area contributed by atoms with Gasteiger partial charge in [-0.25, -0.2) is 13.1 Å². The van der Waals surface area contributed by atoms with Crippen molar-refractivity contribution in [1.29, 1.82) is 0 Å². The number of rotatable bonds is 9. The van der Waals surface area contributed by atoms with Gasteiger partial charge in [-0.15, -0.1) is 10.2 Å². The molecule has 4 aromatic rings. The summed E-state index contributed by atoms with van der Waals surface area (Å²) in [5.41, 5.74) is 1.64. The molecule has 0 bridgehead atoms. The Labute approximate surface area is 194 Å². The highest BCUT2D eigenvalue weighted by molar-refractivity contribution is 7.98. The Bertz CT molecular complexity index is 1340. The lowest BCUT2D eigenvalue weighted by Crippen LogP contribution is -2.25. The molecule has 0 fully saturated rings. The number of nitro groups is 1. The van der Waals surface area contributed by atoms with Gasteiger partial charge in [-0.1, -0.05) is 60.3 Å². The number of nitrogens with zero attached hydrogens (tertiary/aromatic N) is 4. The summed E-state index contributed by atoms with van der Waals surface area (Å²) in [5.74, 6) is 0.987. The van der Waals surface area contributed by atoms with Crippen LogP contribution >= 0.6 is 11.8 Å². The van der Waals surface area contributed by atoms with Crippen molar-refractivity contribution < 1.29 is 13.3 Å². The van der Waals surface area contributed by atoms with Crippen molar-refractivity contribution in [2.75, 3.05) is 0 Å². The summed E-state index contributed by atoms with van der Waals surface area (Å²) in [5, 5.41) is 20.0. The number of non-ortho nitro benzene ring substituents is 1. The lowest BCUT2D eigenvalue weighted by molar-refractivity contribution is -0.384. The fourth-order valence-corrected chi connectivity index (χ4v) is 4.98. The van der Waals surface area contributed by atoms with Crippen LogP contribution in [0.3, 0.4) is 0 Å². The van der Waals surface area contributed by atoms with Crippen LogP contribution in [0.5, 0.6) is 0 Å². The highest BCUT2D eigenvalue weighted by atomic mass is 32.2. The van der Waals surface area contributed by atoms with Crippen molar-refractivity contribution in [3.63, 3.8) is 0 Å². The van der Waals surface area contributed by atoms with E-state index in [0.29, 0.717) is 22.4 Å². The molecule has 0 amide bonds. The third kappa shape index (κ3) is 5.45. The van der Waals surface area contributed by atoms with E-state index in [4.69, 9.17) is 0 Å². The first kappa shape index (κ1) is 22.6. The van der Waals surface area contributed by atoms with E-state index in [1.165, 1.54) is 36.0 Å². The Balaban J connectivity index is 1.63. The largest absolute Gasteiger partial charge is 0.273 e. The van der Waals surface area contributed by atoms with Crippen LogP contribution in [-0.2, 0) is 22.3 Å². The van der Waals surface area contributed by atoms with Gasteiger partial charge in [0.2, 0.25) is 10.0 Å². The zero-order valence-corrected chi connectivity index (χ0v) is 18.9. The molecule has 1 heterocycles. The Morgan fingerprint density at radius 1 is 0.909 bits per heavy atom. The first-order valence-electron chi connectivity index (χ1n) is 9.84. The molecule has 0 saturated carbocycles. The number of nitrogens with one attached hydrogen (secondary N) is 1. The van der Waals surface area contributed by atoms with Crippen LogP contribution in [0, 0.1) is 10.1 Å². The second-order valence-electron chi connectivity index (χ2n) is 6.92. The van der Waals surface area contributed by atoms with E-state index in [1.807, 2.05) is 30.3 Å². The molecule has 11 heteroatoms. The SMILES string of the molecule is O=[N+]([O-])c1ccc(-n2c(CNS(=O)(=O)c3ccccc3)nnc2SCc2ccccc2)cc1. The standard InChI is InChI=1S/C22H19N5O4S2/c28-27(29)19-13-11-18(12-14-19)26-21(15-23-33(30,31)20-9-5-2-6-10-20)24-25-22(26)32-16-17-7-3-1-4-8-17/h1-14,23H,15-16H2. The summed E-state index contributed by atoms with van der Waals surface area (Å²) < 4.78 is 29.5. The highest BCUT2D eigenvalue weighted by Gasteiger charge is 2.19. The lowest BCUT2D eigenvalue weighted by Gasteiger charge is -2.11. The van der Waals surface area contributed by atoms with Gasteiger partial charge in [0.15, 0.2) is 11.0 Å². The van der Waals surface area contributed by atoms with Gasteiger partial charge in [0.25, 0.3) is 5.69 Å². The van der Waals surface area contributed by atoms with Crippen molar-refractivity contribution in [3.8, 4) is 5.69 Å². The predicted molar refractivity (Wildman–Crippen MR) is 124 cm³/mol. The maximum Gasteiger partial charge on any atom is 0.269 e. The molecular formula is C22H19N5O4S2. The maximum atomic E-state index is 12.6. The van der Waals surface area contributed by atoms with Crippen LogP contribution in [-0.4, -0.2) is 28.1 Å². The normalized spacial score (nSPS) is 11.4. The van der Waals surface area contributed by atoms with Crippen LogP contribution in [0.25, 0.3) is 5.69 Å². The number of aromatic nitrogens is 3. The number of hydrogen-bond donors (Lipinski definition) is 1. The van der Waals surface area contributed by atoms with Crippen LogP contribution in [0.1, 0.15) is 11.4 Å². The van der Waals surface area contributed by atoms with Gasteiger partial charge >= 0.3 is 0 Å². The highest BCUT2D eigenvalue weighted by Crippen LogP contribution is 2.26. The van der Waals surface area contributed by atoms with Crippen molar-refractivity contribution in [1.82, 2.24) is 19.5 Å². The van der Waals surface area contributed by atoms with Gasteiger partial charge < -0.3 is 0 Å². The first-order chi connectivity index (χ1) is 15.9. The summed E-state index contributed by atoms with van der Waals surface area (Å²) in [6.07, 6.45) is 0. The van der Waals surface area contributed by atoms with Gasteiger partial charge in [-0.05, 0) is 29.8 Å². The third-order valence-electron chi connectivity index (χ3n) is 4.70. The molecule has 0 saturated heterocycles. The molecule has 168 valence electrons. The second kappa shape index (κ2) is 9.94. The summed E-state index contributed by atoms with van der Waals surface area (Å²) in [6.45, 7) is -0.104. The summed E-state index contributed by atoms with van der Waals surface area (Å²) in [6, 6.07) is 23.8. The Morgan fingerprint density at radius 2 is 1.55 bits per heavy atom. The van der Waals surface area contributed by atoms with Crippen molar-refractivity contribution >= 4 is 27.5 Å². The van der Waals surface area contributed by atoms with Gasteiger partial charge in [0.1, 0.15) is 0 Å². The molecule has 0 spiro atoms. The van der Waals surface area contributed by atoms with Crippen LogP contribution in [0.2, 0.25) is 0 Å². The van der Waals surface area contributed by atoms with E-state index in [0.717, 1.165) is 5.56 Å². The minimum atomic E-state index is -3.75. The summed E-state index contributed by atoms with van der Waals surface area (Å²) in [4.78, 5) is 10.7. The predicted octanol–water partition coefficient (Wildman–Crippen LogP) is 3.95. The molecule has 33 heavy (non-hydrogen) atoms. The average Bonchev–Trinajstić information content (AvgIpc) is 3.25. The zero-order valence-electron chi connectivity index (χ0n) is 17.2. The van der Waals surface area contributed by atoms with Gasteiger partial charge in [-0.2, -0.15) is 0 Å². The fourth-order valence-electron chi connectivity index (χ4n) is 3.06. The number of hydrogen-bond acceptors (Lipinski definition) is 7. The van der Waals surface area contributed by atoms with Gasteiger partial charge in [-0.3, -0.25) is 14.7 Å². The van der Waals surface area contributed by atoms with Crippen LogP contribution in [0.4, 0.5) is 5.69 Å². The molecule has 1 N–H and O–H groups in total. The van der Waals surface area contributed by atoms with E-state index in [9.17, 15) is 18.5 Å². The molecule has 4 rings (SSSR count). The molecular weight excluding hydrogens is 462 g/mol. The molecule has 0 aliphatic carbocycles. The number of nitro benzene ring substituents is 1. The second-order valence-corrected chi connectivity index (χ2v) is 9.63. The van der Waals surface area contributed by atoms with Crippen LogP contribution < -0.4 is 4.72 Å². The minimum absolute atomic E-state index is 0.0448. The van der Waals surface area contributed by atoms with Crippen molar-refractivity contribution in [3.05, 3.63) is 106 Å².